The predicted molar refractivity (Wildman–Crippen MR) is 37.1 cm³/mol. The lowest BCUT2D eigenvalue weighted by molar-refractivity contribution is 0.0624. The molecule has 0 aromatic carbocycles. The average molecular weight is 126 g/mol. The zero-order valence-corrected chi connectivity index (χ0v) is 5.97. The summed E-state index contributed by atoms with van der Waals surface area (Å²) in [4.78, 5) is 0. The third-order valence-electron chi connectivity index (χ3n) is 2.05. The van der Waals surface area contributed by atoms with Crippen LogP contribution in [0.3, 0.4) is 0 Å². The molecule has 0 heterocycles. The first-order valence-electron chi connectivity index (χ1n) is 3.61. The number of ether oxygens (including phenoxy) is 1. The highest BCUT2D eigenvalue weighted by Crippen LogP contribution is 2.24. The molecule has 0 spiro atoms. The molecule has 2 radical (unpaired) electrons. The van der Waals surface area contributed by atoms with Gasteiger partial charge in [0, 0.05) is 7.11 Å². The van der Waals surface area contributed by atoms with Crippen molar-refractivity contribution in [3.63, 3.8) is 0 Å². The van der Waals surface area contributed by atoms with E-state index in [2.05, 4.69) is 0 Å². The smallest absolute Gasteiger partial charge is 0.0571 e. The van der Waals surface area contributed by atoms with E-state index in [0.29, 0.717) is 12.0 Å². The molecule has 52 valence electrons. The molecule has 1 rings (SSSR count). The molecule has 0 aromatic rings. The van der Waals surface area contributed by atoms with Gasteiger partial charge in [0.15, 0.2) is 0 Å². The van der Waals surface area contributed by atoms with Crippen LogP contribution in [0.4, 0.5) is 0 Å². The van der Waals surface area contributed by atoms with E-state index >= 15 is 0 Å². The van der Waals surface area contributed by atoms with Gasteiger partial charge in [-0.3, -0.25) is 0 Å². The van der Waals surface area contributed by atoms with Gasteiger partial charge >= 0.3 is 0 Å². The summed E-state index contributed by atoms with van der Waals surface area (Å²) in [6.45, 7) is 5.70. The monoisotopic (exact) mass is 126 g/mol. The molecule has 0 saturated heterocycles. The van der Waals surface area contributed by atoms with Crippen LogP contribution < -0.4 is 0 Å². The molecule has 0 atom stereocenters. The van der Waals surface area contributed by atoms with Crippen LogP contribution in [0.2, 0.25) is 0 Å². The number of hydrogen-bond acceptors (Lipinski definition) is 1. The zero-order valence-electron chi connectivity index (χ0n) is 5.97. The molecule has 0 unspecified atom stereocenters. The Bertz CT molecular complexity index is 72.6. The van der Waals surface area contributed by atoms with Gasteiger partial charge in [-0.1, -0.05) is 0 Å². The minimum atomic E-state index is 0.441. The summed E-state index contributed by atoms with van der Waals surface area (Å²) in [7, 11) is 1.78. The fourth-order valence-corrected chi connectivity index (χ4v) is 1.32. The van der Waals surface area contributed by atoms with Crippen LogP contribution in [0.1, 0.15) is 25.7 Å². The average Bonchev–Trinajstić information content (AvgIpc) is 1.90. The summed E-state index contributed by atoms with van der Waals surface area (Å²) < 4.78 is 5.18. The van der Waals surface area contributed by atoms with Crippen molar-refractivity contribution in [2.45, 2.75) is 31.8 Å². The van der Waals surface area contributed by atoms with Gasteiger partial charge in [-0.25, -0.2) is 0 Å². The minimum Gasteiger partial charge on any atom is -0.381 e. The van der Waals surface area contributed by atoms with Crippen molar-refractivity contribution in [2.75, 3.05) is 7.11 Å². The van der Waals surface area contributed by atoms with E-state index in [1.54, 1.807) is 7.11 Å². The number of rotatable bonds is 1. The zero-order chi connectivity index (χ0) is 6.69. The lowest BCUT2D eigenvalue weighted by Crippen LogP contribution is -2.18. The Labute approximate surface area is 57.4 Å². The second-order valence-electron chi connectivity index (χ2n) is 2.77. The van der Waals surface area contributed by atoms with Crippen LogP contribution in [0.25, 0.3) is 0 Å². The first kappa shape index (κ1) is 7.07. The highest BCUT2D eigenvalue weighted by atomic mass is 16.5. The second-order valence-corrected chi connectivity index (χ2v) is 2.77. The molecular weight excluding hydrogens is 112 g/mol. The van der Waals surface area contributed by atoms with Crippen molar-refractivity contribution in [3.8, 4) is 0 Å². The Hall–Kier alpha value is -0.0400. The lowest BCUT2D eigenvalue weighted by atomic mass is 9.89. The quantitative estimate of drug-likeness (QED) is 0.521. The van der Waals surface area contributed by atoms with Crippen molar-refractivity contribution in [3.05, 3.63) is 6.92 Å². The van der Waals surface area contributed by atoms with Crippen LogP contribution in [0.5, 0.6) is 0 Å². The Morgan fingerprint density at radius 2 is 1.78 bits per heavy atom. The topological polar surface area (TPSA) is 9.23 Å². The van der Waals surface area contributed by atoms with Crippen LogP contribution in [0.15, 0.2) is 0 Å². The summed E-state index contributed by atoms with van der Waals surface area (Å²) in [5, 5.41) is 0. The molecule has 0 N–H and O–H groups in total. The number of methoxy groups -OCH3 is 1. The van der Waals surface area contributed by atoms with Gasteiger partial charge in [0.2, 0.25) is 0 Å². The van der Waals surface area contributed by atoms with Gasteiger partial charge in [0.05, 0.1) is 6.10 Å². The largest absolute Gasteiger partial charge is 0.381 e. The van der Waals surface area contributed by atoms with Gasteiger partial charge in [-0.05, 0) is 38.5 Å². The van der Waals surface area contributed by atoms with Crippen LogP contribution in [-0.2, 0) is 4.74 Å². The van der Waals surface area contributed by atoms with Crippen molar-refractivity contribution in [1.29, 1.82) is 0 Å². The molecule has 1 nitrogen and oxygen atoms in total. The van der Waals surface area contributed by atoms with Crippen LogP contribution in [-0.4, -0.2) is 13.2 Å². The van der Waals surface area contributed by atoms with Gasteiger partial charge in [0.1, 0.15) is 0 Å². The molecule has 0 bridgehead atoms. The Morgan fingerprint density at radius 1 is 1.22 bits per heavy atom. The predicted octanol–water partition coefficient (Wildman–Crippen LogP) is 1.90. The molecule has 0 aromatic heterocycles. The number of hydrogen-bond donors (Lipinski definition) is 0. The molecule has 0 amide bonds. The van der Waals surface area contributed by atoms with Gasteiger partial charge in [-0.2, -0.15) is 0 Å². The summed E-state index contributed by atoms with van der Waals surface area (Å²) in [5.41, 5.74) is 0. The standard InChI is InChI=1S/C8H14O/c1-7-3-5-8(9-2)6-4-7/h1,7-8H,3-6H2,2H3. The molecule has 1 aliphatic carbocycles. The maximum Gasteiger partial charge on any atom is 0.0571 e. The third-order valence-corrected chi connectivity index (χ3v) is 2.05. The fourth-order valence-electron chi connectivity index (χ4n) is 1.32. The van der Waals surface area contributed by atoms with Gasteiger partial charge in [-0.15, -0.1) is 0 Å². The SMILES string of the molecule is [CH]C1CCC(OC)CC1. The van der Waals surface area contributed by atoms with Crippen molar-refractivity contribution >= 4 is 0 Å². The Balaban J connectivity index is 2.18. The lowest BCUT2D eigenvalue weighted by Gasteiger charge is -2.24. The van der Waals surface area contributed by atoms with E-state index in [0.717, 1.165) is 25.7 Å². The minimum absolute atomic E-state index is 0.441. The Morgan fingerprint density at radius 3 is 2.22 bits per heavy atom. The molecule has 1 saturated carbocycles. The highest BCUT2D eigenvalue weighted by Gasteiger charge is 2.16. The van der Waals surface area contributed by atoms with Crippen molar-refractivity contribution in [2.24, 2.45) is 5.92 Å². The highest BCUT2D eigenvalue weighted by molar-refractivity contribution is 4.73. The fraction of sp³-hybridized carbons (Fsp3) is 0.875. The maximum atomic E-state index is 5.70. The van der Waals surface area contributed by atoms with Crippen LogP contribution in [0, 0.1) is 12.8 Å². The Kier molecular flexibility index (Phi) is 2.52. The normalized spacial score (nSPS) is 36.7. The second kappa shape index (κ2) is 3.21. The van der Waals surface area contributed by atoms with E-state index in [1.807, 2.05) is 0 Å². The molecule has 9 heavy (non-hydrogen) atoms. The van der Waals surface area contributed by atoms with Crippen molar-refractivity contribution in [1.82, 2.24) is 0 Å². The first-order chi connectivity index (χ1) is 4.33. The summed E-state index contributed by atoms with van der Waals surface area (Å²) in [6.07, 6.45) is 5.07. The van der Waals surface area contributed by atoms with E-state index in [-0.39, 0.29) is 0 Å². The molecule has 1 fully saturated rings. The van der Waals surface area contributed by atoms with Crippen LogP contribution >= 0.6 is 0 Å². The summed E-state index contributed by atoms with van der Waals surface area (Å²) in [5.74, 6) is 0.441. The third kappa shape index (κ3) is 1.98. The molecule has 1 heteroatoms. The van der Waals surface area contributed by atoms with Crippen molar-refractivity contribution < 1.29 is 4.74 Å². The van der Waals surface area contributed by atoms with E-state index in [1.165, 1.54) is 0 Å². The molecular formula is C8H14O. The maximum absolute atomic E-state index is 5.70. The van der Waals surface area contributed by atoms with Gasteiger partial charge in [0.25, 0.3) is 0 Å². The van der Waals surface area contributed by atoms with E-state index in [4.69, 9.17) is 11.7 Å². The molecule has 1 aliphatic rings. The first-order valence-corrected chi connectivity index (χ1v) is 3.61. The summed E-state index contributed by atoms with van der Waals surface area (Å²) >= 11 is 0. The van der Waals surface area contributed by atoms with E-state index in [9.17, 15) is 0 Å². The molecule has 0 aliphatic heterocycles. The summed E-state index contributed by atoms with van der Waals surface area (Å²) in [6, 6.07) is 0. The van der Waals surface area contributed by atoms with Gasteiger partial charge < -0.3 is 4.74 Å². The van der Waals surface area contributed by atoms with E-state index < -0.39 is 0 Å².